The average molecular weight is 673 g/mol. The minimum absolute atomic E-state index is 0.0881. The third kappa shape index (κ3) is 5.81. The second-order valence-corrected chi connectivity index (χ2v) is 15.4. The molecule has 0 fully saturated rings. The van der Waals surface area contributed by atoms with Crippen molar-refractivity contribution in [2.24, 2.45) is 0 Å². The molecule has 0 aliphatic carbocycles. The van der Waals surface area contributed by atoms with Crippen LogP contribution in [0, 0.1) is 55.4 Å². The van der Waals surface area contributed by atoms with Crippen LogP contribution in [0.2, 0.25) is 0 Å². The van der Waals surface area contributed by atoms with Crippen LogP contribution < -0.4 is 0 Å². The summed E-state index contributed by atoms with van der Waals surface area (Å²) < 4.78 is 0. The first-order valence-electron chi connectivity index (χ1n) is 18.7. The van der Waals surface area contributed by atoms with Crippen molar-refractivity contribution in [1.82, 2.24) is 0 Å². The Kier molecular flexibility index (Phi) is 8.59. The van der Waals surface area contributed by atoms with E-state index in [1.807, 2.05) is 0 Å². The lowest BCUT2D eigenvalue weighted by Gasteiger charge is -2.26. The van der Waals surface area contributed by atoms with Gasteiger partial charge in [0.2, 0.25) is 0 Å². The largest absolute Gasteiger partial charge is 0.0616 e. The topological polar surface area (TPSA) is 0 Å². The van der Waals surface area contributed by atoms with Crippen molar-refractivity contribution in [3.8, 4) is 0 Å². The zero-order valence-electron chi connectivity index (χ0n) is 31.9. The van der Waals surface area contributed by atoms with Gasteiger partial charge >= 0.3 is 0 Å². The normalized spacial score (nSPS) is 11.8. The first-order chi connectivity index (χ1) is 25.1. The number of benzene rings is 8. The quantitative estimate of drug-likeness (QED) is 0.122. The molecule has 0 amide bonds. The molecule has 0 spiro atoms. The summed E-state index contributed by atoms with van der Waals surface area (Å²) in [7, 11) is 0. The number of hydrogen-bond acceptors (Lipinski definition) is 0. The van der Waals surface area contributed by atoms with Gasteiger partial charge in [-0.15, -0.1) is 0 Å². The summed E-state index contributed by atoms with van der Waals surface area (Å²) in [6.07, 6.45) is 0. The summed E-state index contributed by atoms with van der Waals surface area (Å²) >= 11 is 0. The SMILES string of the molecule is Cc1ccc(C(c2ccc(C)c(C)c2)c2cc3c4ccccc4c(C(c4ccc(C)c(C)c4)c4ccc(C)c(C)c4)cc3c3ccccc23)cc1C. The number of aryl methyl sites for hydroxylation is 8. The van der Waals surface area contributed by atoms with Crippen LogP contribution in [0.25, 0.3) is 32.3 Å². The summed E-state index contributed by atoms with van der Waals surface area (Å²) in [5, 5.41) is 7.85. The molecule has 8 aromatic rings. The highest BCUT2D eigenvalue weighted by Gasteiger charge is 2.25. The van der Waals surface area contributed by atoms with E-state index >= 15 is 0 Å². The Morgan fingerprint density at radius 1 is 0.250 bits per heavy atom. The lowest BCUT2D eigenvalue weighted by atomic mass is 9.77. The molecule has 0 aliphatic heterocycles. The molecule has 0 nitrogen and oxygen atoms in total. The molecular weight excluding hydrogens is 625 g/mol. The summed E-state index contributed by atoms with van der Waals surface area (Å²) in [4.78, 5) is 0. The van der Waals surface area contributed by atoms with E-state index in [1.54, 1.807) is 0 Å². The Bertz CT molecular complexity index is 2380. The standard InChI is InChI=1S/C52H48/c1-31-17-21-39(25-35(31)5)51(40-22-18-32(2)36(6)26-40)49-29-47-44-14-10-12-16-46(44)50(30-48(47)43-13-9-11-15-45(43)49)52(41-23-19-33(3)37(7)27-41)42-24-20-34(4)38(8)28-42/h9-30,51-52H,1-8H3. The van der Waals surface area contributed by atoms with Gasteiger partial charge in [0, 0.05) is 11.8 Å². The van der Waals surface area contributed by atoms with Gasteiger partial charge in [0.25, 0.3) is 0 Å². The van der Waals surface area contributed by atoms with Crippen molar-refractivity contribution in [3.05, 3.63) is 211 Å². The minimum Gasteiger partial charge on any atom is -0.0616 e. The predicted octanol–water partition coefficient (Wildman–Crippen LogP) is 14.0. The zero-order valence-corrected chi connectivity index (χ0v) is 31.9. The van der Waals surface area contributed by atoms with Crippen molar-refractivity contribution in [2.45, 2.75) is 67.2 Å². The van der Waals surface area contributed by atoms with Crippen LogP contribution in [0.5, 0.6) is 0 Å². The molecule has 0 aromatic heterocycles. The summed E-state index contributed by atoms with van der Waals surface area (Å²) in [5.74, 6) is 0.176. The Labute approximate surface area is 309 Å². The van der Waals surface area contributed by atoms with Gasteiger partial charge in [-0.1, -0.05) is 121 Å². The highest BCUT2D eigenvalue weighted by atomic mass is 14.3. The van der Waals surface area contributed by atoms with E-state index in [-0.39, 0.29) is 11.8 Å². The van der Waals surface area contributed by atoms with E-state index < -0.39 is 0 Å². The lowest BCUT2D eigenvalue weighted by Crippen LogP contribution is -2.08. The van der Waals surface area contributed by atoms with Crippen LogP contribution >= 0.6 is 0 Å². The van der Waals surface area contributed by atoms with Crippen molar-refractivity contribution >= 4 is 32.3 Å². The zero-order chi connectivity index (χ0) is 36.3. The maximum absolute atomic E-state index is 2.53. The van der Waals surface area contributed by atoms with E-state index in [0.29, 0.717) is 0 Å². The molecule has 0 radical (unpaired) electrons. The van der Waals surface area contributed by atoms with Crippen molar-refractivity contribution in [2.75, 3.05) is 0 Å². The number of fused-ring (bicyclic) bond motifs is 5. The van der Waals surface area contributed by atoms with Crippen molar-refractivity contribution in [1.29, 1.82) is 0 Å². The van der Waals surface area contributed by atoms with Gasteiger partial charge in [-0.2, -0.15) is 0 Å². The molecule has 52 heavy (non-hydrogen) atoms. The molecule has 0 N–H and O–H groups in total. The fourth-order valence-corrected chi connectivity index (χ4v) is 8.36. The number of hydrogen-bond donors (Lipinski definition) is 0. The Morgan fingerprint density at radius 3 is 0.788 bits per heavy atom. The second-order valence-electron chi connectivity index (χ2n) is 15.4. The maximum Gasteiger partial charge on any atom is 0.0346 e. The number of rotatable bonds is 6. The van der Waals surface area contributed by atoms with Crippen LogP contribution in [-0.2, 0) is 0 Å². The molecule has 0 heteroatoms. The molecular formula is C52H48. The molecule has 0 bridgehead atoms. The van der Waals surface area contributed by atoms with Gasteiger partial charge in [-0.3, -0.25) is 0 Å². The molecule has 8 aromatic carbocycles. The fourth-order valence-electron chi connectivity index (χ4n) is 8.36. The minimum atomic E-state index is 0.0881. The third-order valence-electron chi connectivity index (χ3n) is 12.0. The fraction of sp³-hybridized carbons (Fsp3) is 0.192. The average Bonchev–Trinajstić information content (AvgIpc) is 3.14. The van der Waals surface area contributed by atoms with E-state index in [0.717, 1.165) is 0 Å². The van der Waals surface area contributed by atoms with Gasteiger partial charge in [0.15, 0.2) is 0 Å². The first kappa shape index (κ1) is 33.7. The van der Waals surface area contributed by atoms with Crippen LogP contribution in [0.15, 0.2) is 133 Å². The van der Waals surface area contributed by atoms with Gasteiger partial charge in [0.1, 0.15) is 0 Å². The van der Waals surface area contributed by atoms with E-state index in [2.05, 4.69) is 189 Å². The van der Waals surface area contributed by atoms with Crippen LogP contribution in [0.3, 0.4) is 0 Å². The molecule has 256 valence electrons. The summed E-state index contributed by atoms with van der Waals surface area (Å²) in [5.41, 5.74) is 18.7. The van der Waals surface area contributed by atoms with Crippen LogP contribution in [0.1, 0.15) is 89.7 Å². The van der Waals surface area contributed by atoms with Gasteiger partial charge in [-0.05, 0) is 178 Å². The van der Waals surface area contributed by atoms with Crippen LogP contribution in [-0.4, -0.2) is 0 Å². The molecule has 8 rings (SSSR count). The monoisotopic (exact) mass is 672 g/mol. The van der Waals surface area contributed by atoms with E-state index in [9.17, 15) is 0 Å². The van der Waals surface area contributed by atoms with E-state index in [4.69, 9.17) is 0 Å². The lowest BCUT2D eigenvalue weighted by molar-refractivity contribution is 0.977. The molecule has 0 atom stereocenters. The molecule has 0 aliphatic rings. The Balaban J connectivity index is 1.47. The molecule has 0 heterocycles. The second kappa shape index (κ2) is 13.3. The van der Waals surface area contributed by atoms with Gasteiger partial charge < -0.3 is 0 Å². The van der Waals surface area contributed by atoms with Crippen molar-refractivity contribution in [3.63, 3.8) is 0 Å². The predicted molar refractivity (Wildman–Crippen MR) is 225 cm³/mol. The van der Waals surface area contributed by atoms with Gasteiger partial charge in [0.05, 0.1) is 0 Å². The van der Waals surface area contributed by atoms with E-state index in [1.165, 1.54) is 110 Å². The molecule has 0 unspecified atom stereocenters. The highest BCUT2D eigenvalue weighted by Crippen LogP contribution is 2.45. The summed E-state index contributed by atoms with van der Waals surface area (Å²) in [6.45, 7) is 17.8. The van der Waals surface area contributed by atoms with Gasteiger partial charge in [-0.25, -0.2) is 0 Å². The Morgan fingerprint density at radius 2 is 0.519 bits per heavy atom. The molecule has 0 saturated carbocycles. The maximum atomic E-state index is 2.53. The Hall–Kier alpha value is -5.46. The van der Waals surface area contributed by atoms with Crippen LogP contribution in [0.4, 0.5) is 0 Å². The first-order valence-corrected chi connectivity index (χ1v) is 18.7. The third-order valence-corrected chi connectivity index (χ3v) is 12.0. The highest BCUT2D eigenvalue weighted by molar-refractivity contribution is 6.19. The van der Waals surface area contributed by atoms with Crippen molar-refractivity contribution < 1.29 is 0 Å². The summed E-state index contributed by atoms with van der Waals surface area (Å²) in [6, 6.07) is 51.5. The molecule has 0 saturated heterocycles. The smallest absolute Gasteiger partial charge is 0.0346 e.